The van der Waals surface area contributed by atoms with Gasteiger partial charge in [0.05, 0.1) is 5.75 Å². The molecule has 3 N–H and O–H groups in total. The Balaban J connectivity index is 3.85. The standard InChI is InChI=1S/C12H22N2O4S/c1-4-9(11(16)17)19-7-10(15)14-12(18)13-6-5-8(2)3/h8-9H,4-7H2,1-3H3,(H,16,17)(H2,13,14,15,18). The Labute approximate surface area is 117 Å². The van der Waals surface area contributed by atoms with Crippen LogP contribution in [-0.4, -0.2) is 40.6 Å². The number of aliphatic carboxylic acids is 1. The van der Waals surface area contributed by atoms with Crippen LogP contribution in [0.3, 0.4) is 0 Å². The number of imide groups is 1. The van der Waals surface area contributed by atoms with Crippen molar-refractivity contribution in [2.24, 2.45) is 5.92 Å². The molecule has 1 unspecified atom stereocenters. The monoisotopic (exact) mass is 290 g/mol. The van der Waals surface area contributed by atoms with Crippen LogP contribution in [0, 0.1) is 5.92 Å². The average Bonchev–Trinajstić information content (AvgIpc) is 2.28. The molecule has 0 aliphatic rings. The molecule has 0 radical (unpaired) electrons. The van der Waals surface area contributed by atoms with Crippen molar-refractivity contribution in [2.75, 3.05) is 12.3 Å². The number of rotatable bonds is 8. The first-order valence-corrected chi connectivity index (χ1v) is 7.33. The van der Waals surface area contributed by atoms with E-state index in [-0.39, 0.29) is 5.75 Å². The Bertz CT molecular complexity index is 321. The summed E-state index contributed by atoms with van der Waals surface area (Å²) in [6.45, 7) is 6.33. The second-order valence-corrected chi connectivity index (χ2v) is 5.72. The van der Waals surface area contributed by atoms with Crippen molar-refractivity contribution in [3.8, 4) is 0 Å². The molecule has 0 aromatic heterocycles. The molecule has 19 heavy (non-hydrogen) atoms. The van der Waals surface area contributed by atoms with Crippen LogP contribution in [0.2, 0.25) is 0 Å². The van der Waals surface area contributed by atoms with Crippen molar-refractivity contribution >= 4 is 29.7 Å². The van der Waals surface area contributed by atoms with Crippen LogP contribution in [0.1, 0.15) is 33.6 Å². The maximum atomic E-state index is 11.4. The lowest BCUT2D eigenvalue weighted by atomic mass is 10.1. The maximum absolute atomic E-state index is 11.4. The molecule has 7 heteroatoms. The van der Waals surface area contributed by atoms with Gasteiger partial charge in [0.15, 0.2) is 0 Å². The summed E-state index contributed by atoms with van der Waals surface area (Å²) in [4.78, 5) is 33.5. The highest BCUT2D eigenvalue weighted by Crippen LogP contribution is 2.14. The zero-order chi connectivity index (χ0) is 14.8. The summed E-state index contributed by atoms with van der Waals surface area (Å²) in [5.74, 6) is -0.983. The second-order valence-electron chi connectivity index (χ2n) is 4.53. The van der Waals surface area contributed by atoms with Crippen molar-refractivity contribution in [3.05, 3.63) is 0 Å². The van der Waals surface area contributed by atoms with Gasteiger partial charge in [0, 0.05) is 6.54 Å². The van der Waals surface area contributed by atoms with Crippen LogP contribution in [0.5, 0.6) is 0 Å². The van der Waals surface area contributed by atoms with Crippen LogP contribution in [0.4, 0.5) is 4.79 Å². The number of urea groups is 1. The highest BCUT2D eigenvalue weighted by atomic mass is 32.2. The number of amides is 3. The van der Waals surface area contributed by atoms with E-state index < -0.39 is 23.2 Å². The Kier molecular flexibility index (Phi) is 9.03. The summed E-state index contributed by atoms with van der Waals surface area (Å²) in [6, 6.07) is -0.533. The third-order valence-corrected chi connectivity index (χ3v) is 3.69. The van der Waals surface area contributed by atoms with E-state index in [1.54, 1.807) is 6.92 Å². The number of hydrogen-bond donors (Lipinski definition) is 3. The molecule has 0 aromatic rings. The third-order valence-electron chi connectivity index (χ3n) is 2.32. The van der Waals surface area contributed by atoms with Gasteiger partial charge in [0.25, 0.3) is 0 Å². The molecule has 0 saturated carbocycles. The van der Waals surface area contributed by atoms with Gasteiger partial charge in [-0.25, -0.2) is 4.79 Å². The molecular formula is C12H22N2O4S. The van der Waals surface area contributed by atoms with E-state index in [9.17, 15) is 14.4 Å². The van der Waals surface area contributed by atoms with Crippen molar-refractivity contribution in [2.45, 2.75) is 38.9 Å². The largest absolute Gasteiger partial charge is 0.480 e. The first-order chi connectivity index (χ1) is 8.86. The number of hydrogen-bond acceptors (Lipinski definition) is 4. The molecule has 110 valence electrons. The van der Waals surface area contributed by atoms with Gasteiger partial charge in [-0.2, -0.15) is 0 Å². The SMILES string of the molecule is CCC(SCC(=O)NC(=O)NCCC(C)C)C(=O)O. The summed E-state index contributed by atoms with van der Waals surface area (Å²) in [5.41, 5.74) is 0. The smallest absolute Gasteiger partial charge is 0.321 e. The third kappa shape index (κ3) is 9.35. The number of carboxylic acid groups (broad SMARTS) is 1. The van der Waals surface area contributed by atoms with Gasteiger partial charge in [-0.1, -0.05) is 20.8 Å². The molecule has 0 rings (SSSR count). The molecule has 1 atom stereocenters. The molecule has 0 fully saturated rings. The van der Waals surface area contributed by atoms with Crippen LogP contribution in [0.25, 0.3) is 0 Å². The fraction of sp³-hybridized carbons (Fsp3) is 0.750. The molecule has 0 aromatic carbocycles. The summed E-state index contributed by atoms with van der Waals surface area (Å²) >= 11 is 1.02. The number of nitrogens with one attached hydrogen (secondary N) is 2. The van der Waals surface area contributed by atoms with Gasteiger partial charge in [-0.15, -0.1) is 11.8 Å². The molecule has 6 nitrogen and oxygen atoms in total. The quantitative estimate of drug-likeness (QED) is 0.629. The molecule has 0 saturated heterocycles. The minimum Gasteiger partial charge on any atom is -0.480 e. The minimum atomic E-state index is -0.943. The lowest BCUT2D eigenvalue weighted by Gasteiger charge is -2.10. The van der Waals surface area contributed by atoms with E-state index in [1.165, 1.54) is 0 Å². The fourth-order valence-electron chi connectivity index (χ4n) is 1.22. The van der Waals surface area contributed by atoms with E-state index in [2.05, 4.69) is 10.6 Å². The van der Waals surface area contributed by atoms with E-state index in [1.807, 2.05) is 13.8 Å². The summed E-state index contributed by atoms with van der Waals surface area (Å²) in [5, 5.41) is 12.9. The highest BCUT2D eigenvalue weighted by Gasteiger charge is 2.17. The molecule has 0 aliphatic carbocycles. The predicted molar refractivity (Wildman–Crippen MR) is 75.2 cm³/mol. The second kappa shape index (κ2) is 9.66. The van der Waals surface area contributed by atoms with Crippen LogP contribution in [0.15, 0.2) is 0 Å². The average molecular weight is 290 g/mol. The van der Waals surface area contributed by atoms with Crippen LogP contribution >= 0.6 is 11.8 Å². The number of carboxylic acids is 1. The molecule has 0 heterocycles. The van der Waals surface area contributed by atoms with Crippen molar-refractivity contribution in [1.29, 1.82) is 0 Å². The van der Waals surface area contributed by atoms with Gasteiger partial charge in [-0.05, 0) is 18.8 Å². The van der Waals surface area contributed by atoms with Gasteiger partial charge in [-0.3, -0.25) is 14.9 Å². The Hall–Kier alpha value is -1.24. The van der Waals surface area contributed by atoms with Crippen molar-refractivity contribution < 1.29 is 19.5 Å². The Morgan fingerprint density at radius 3 is 2.37 bits per heavy atom. The normalized spacial score (nSPS) is 12.0. The minimum absolute atomic E-state index is 0.0393. The Morgan fingerprint density at radius 1 is 1.26 bits per heavy atom. The number of carbonyl (C=O) groups excluding carboxylic acids is 2. The van der Waals surface area contributed by atoms with E-state index >= 15 is 0 Å². The first-order valence-electron chi connectivity index (χ1n) is 6.28. The molecule has 3 amide bonds. The molecule has 0 bridgehead atoms. The number of thioether (sulfide) groups is 1. The van der Waals surface area contributed by atoms with E-state index in [0.29, 0.717) is 18.9 Å². The summed E-state index contributed by atoms with van der Waals surface area (Å²) in [6.07, 6.45) is 1.28. The molecular weight excluding hydrogens is 268 g/mol. The highest BCUT2D eigenvalue weighted by molar-refractivity contribution is 8.01. The summed E-state index contributed by atoms with van der Waals surface area (Å²) in [7, 11) is 0. The molecule has 0 spiro atoms. The zero-order valence-corrected chi connectivity index (χ0v) is 12.4. The van der Waals surface area contributed by atoms with Gasteiger partial charge in [0.2, 0.25) is 5.91 Å². The zero-order valence-electron chi connectivity index (χ0n) is 11.6. The van der Waals surface area contributed by atoms with Crippen molar-refractivity contribution in [1.82, 2.24) is 10.6 Å². The molecule has 0 aliphatic heterocycles. The topological polar surface area (TPSA) is 95.5 Å². The lowest BCUT2D eigenvalue weighted by molar-refractivity contribution is -0.136. The summed E-state index contributed by atoms with van der Waals surface area (Å²) < 4.78 is 0. The number of carbonyl (C=O) groups is 3. The fourth-order valence-corrected chi connectivity index (χ4v) is 2.02. The van der Waals surface area contributed by atoms with Crippen molar-refractivity contribution in [3.63, 3.8) is 0 Å². The maximum Gasteiger partial charge on any atom is 0.321 e. The van der Waals surface area contributed by atoms with E-state index in [4.69, 9.17) is 5.11 Å². The van der Waals surface area contributed by atoms with Gasteiger partial charge < -0.3 is 10.4 Å². The van der Waals surface area contributed by atoms with Crippen LogP contribution < -0.4 is 10.6 Å². The van der Waals surface area contributed by atoms with Gasteiger partial charge in [0.1, 0.15) is 5.25 Å². The van der Waals surface area contributed by atoms with E-state index in [0.717, 1.165) is 18.2 Å². The van der Waals surface area contributed by atoms with Crippen LogP contribution in [-0.2, 0) is 9.59 Å². The first kappa shape index (κ1) is 17.8. The van der Waals surface area contributed by atoms with Gasteiger partial charge >= 0.3 is 12.0 Å². The lowest BCUT2D eigenvalue weighted by Crippen LogP contribution is -2.41. The Morgan fingerprint density at radius 2 is 1.89 bits per heavy atom. The predicted octanol–water partition coefficient (Wildman–Crippen LogP) is 1.45.